The van der Waals surface area contributed by atoms with Crippen LogP contribution in [0.15, 0.2) is 0 Å². The fraction of sp³-hybridized carbons (Fsp3) is 0.400. The van der Waals surface area contributed by atoms with Gasteiger partial charge >= 0.3 is 0 Å². The van der Waals surface area contributed by atoms with Crippen molar-refractivity contribution >= 4 is 11.6 Å². The van der Waals surface area contributed by atoms with E-state index in [1.54, 1.807) is 13.8 Å². The van der Waals surface area contributed by atoms with E-state index >= 15 is 0 Å². The average molecular weight is 203 g/mol. The van der Waals surface area contributed by atoms with Crippen molar-refractivity contribution in [2.45, 2.75) is 27.2 Å². The van der Waals surface area contributed by atoms with Crippen LogP contribution in [0.3, 0.4) is 0 Å². The van der Waals surface area contributed by atoms with E-state index in [1.165, 1.54) is 0 Å². The van der Waals surface area contributed by atoms with Gasteiger partial charge in [-0.15, -0.1) is 0 Å². The lowest BCUT2D eigenvalue weighted by atomic mass is 10.0. The molecule has 0 unspecified atom stereocenters. The summed E-state index contributed by atoms with van der Waals surface area (Å²) in [5, 5.41) is 9.71. The Morgan fingerprint density at radius 1 is 1.31 bits per heavy atom. The molecule has 0 bridgehead atoms. The Bertz CT molecular complexity index is 318. The van der Waals surface area contributed by atoms with Gasteiger partial charge in [0, 0.05) is 11.1 Å². The van der Waals surface area contributed by atoms with Crippen LogP contribution in [0.4, 0.5) is 4.39 Å². The highest BCUT2D eigenvalue weighted by molar-refractivity contribution is 6.32. The number of hydrogen-bond acceptors (Lipinski definition) is 1. The van der Waals surface area contributed by atoms with E-state index < -0.39 is 0 Å². The number of hydrogen-bond donors (Lipinski definition) is 1. The molecule has 0 aliphatic carbocycles. The Hall–Kier alpha value is -0.760. The molecule has 1 rings (SSSR count). The largest absolute Gasteiger partial charge is 0.506 e. The first kappa shape index (κ1) is 10.3. The molecule has 1 N–H and O–H groups in total. The molecule has 0 heterocycles. The monoisotopic (exact) mass is 202 g/mol. The summed E-state index contributed by atoms with van der Waals surface area (Å²) >= 11 is 5.75. The minimum atomic E-state index is -0.320. The molecule has 3 heteroatoms. The Kier molecular flexibility index (Phi) is 2.81. The minimum Gasteiger partial charge on any atom is -0.506 e. The predicted molar refractivity (Wildman–Crippen MR) is 51.9 cm³/mol. The summed E-state index contributed by atoms with van der Waals surface area (Å²) in [5.41, 5.74) is 1.39. The Morgan fingerprint density at radius 2 is 1.85 bits per heavy atom. The smallest absolute Gasteiger partial charge is 0.138 e. The van der Waals surface area contributed by atoms with Gasteiger partial charge in [-0.1, -0.05) is 18.5 Å². The van der Waals surface area contributed by atoms with Crippen LogP contribution in [-0.4, -0.2) is 5.11 Å². The van der Waals surface area contributed by atoms with Gasteiger partial charge in [0.1, 0.15) is 11.6 Å². The molecule has 0 radical (unpaired) electrons. The highest BCUT2D eigenvalue weighted by Crippen LogP contribution is 2.35. The van der Waals surface area contributed by atoms with Gasteiger partial charge < -0.3 is 5.11 Å². The molecule has 0 aromatic heterocycles. The van der Waals surface area contributed by atoms with E-state index in [0.29, 0.717) is 23.1 Å². The lowest BCUT2D eigenvalue weighted by molar-refractivity contribution is 0.464. The Morgan fingerprint density at radius 3 is 2.31 bits per heavy atom. The number of phenolic OH excluding ortho intramolecular Hbond substituents is 1. The maximum atomic E-state index is 13.4. The van der Waals surface area contributed by atoms with Gasteiger partial charge in [0.2, 0.25) is 0 Å². The van der Waals surface area contributed by atoms with Crippen molar-refractivity contribution in [1.29, 1.82) is 0 Å². The SMILES string of the molecule is CCc1c(C)c(F)c(C)c(Cl)c1O. The predicted octanol–water partition coefficient (Wildman–Crippen LogP) is 3.36. The van der Waals surface area contributed by atoms with Crippen molar-refractivity contribution in [3.63, 3.8) is 0 Å². The number of halogens is 2. The quantitative estimate of drug-likeness (QED) is 0.741. The van der Waals surface area contributed by atoms with Gasteiger partial charge in [0.15, 0.2) is 0 Å². The van der Waals surface area contributed by atoms with Gasteiger partial charge in [-0.25, -0.2) is 4.39 Å². The first-order valence-electron chi connectivity index (χ1n) is 4.16. The molecule has 0 fully saturated rings. The second kappa shape index (κ2) is 3.54. The molecule has 0 saturated heterocycles. The highest BCUT2D eigenvalue weighted by atomic mass is 35.5. The average Bonchev–Trinajstić information content (AvgIpc) is 2.13. The van der Waals surface area contributed by atoms with Crippen molar-refractivity contribution in [3.8, 4) is 5.75 Å². The van der Waals surface area contributed by atoms with Gasteiger partial charge in [0.25, 0.3) is 0 Å². The van der Waals surface area contributed by atoms with E-state index in [4.69, 9.17) is 11.6 Å². The first-order valence-corrected chi connectivity index (χ1v) is 4.54. The molecule has 13 heavy (non-hydrogen) atoms. The summed E-state index contributed by atoms with van der Waals surface area (Å²) in [6, 6.07) is 0. The summed E-state index contributed by atoms with van der Waals surface area (Å²) in [7, 11) is 0. The van der Waals surface area contributed by atoms with Crippen LogP contribution < -0.4 is 0 Å². The van der Waals surface area contributed by atoms with E-state index in [0.717, 1.165) is 0 Å². The zero-order valence-electron chi connectivity index (χ0n) is 7.91. The third-order valence-electron chi connectivity index (χ3n) is 2.29. The molecule has 1 aromatic rings. The molecular formula is C10H12ClFO. The maximum absolute atomic E-state index is 13.4. The molecule has 0 saturated carbocycles. The van der Waals surface area contributed by atoms with Gasteiger partial charge in [0.05, 0.1) is 5.02 Å². The molecule has 1 aromatic carbocycles. The van der Waals surface area contributed by atoms with Crippen LogP contribution in [0.5, 0.6) is 5.75 Å². The van der Waals surface area contributed by atoms with Crippen LogP contribution >= 0.6 is 11.6 Å². The van der Waals surface area contributed by atoms with Crippen LogP contribution in [-0.2, 0) is 6.42 Å². The zero-order valence-corrected chi connectivity index (χ0v) is 8.67. The van der Waals surface area contributed by atoms with Crippen molar-refractivity contribution in [3.05, 3.63) is 27.5 Å². The van der Waals surface area contributed by atoms with Crippen molar-refractivity contribution < 1.29 is 9.50 Å². The molecule has 0 spiro atoms. The van der Waals surface area contributed by atoms with E-state index in [9.17, 15) is 9.50 Å². The van der Waals surface area contributed by atoms with Crippen LogP contribution in [0.25, 0.3) is 0 Å². The van der Waals surface area contributed by atoms with E-state index in [2.05, 4.69) is 0 Å². The number of rotatable bonds is 1. The lowest BCUT2D eigenvalue weighted by Crippen LogP contribution is -1.96. The summed E-state index contributed by atoms with van der Waals surface area (Å²) in [6.45, 7) is 5.06. The van der Waals surface area contributed by atoms with Crippen molar-refractivity contribution in [2.75, 3.05) is 0 Å². The van der Waals surface area contributed by atoms with Crippen LogP contribution in [0.2, 0.25) is 5.02 Å². The Balaban J connectivity index is 3.56. The number of aromatic hydroxyl groups is 1. The molecular weight excluding hydrogens is 191 g/mol. The van der Waals surface area contributed by atoms with Gasteiger partial charge in [-0.2, -0.15) is 0 Å². The highest BCUT2D eigenvalue weighted by Gasteiger charge is 2.16. The fourth-order valence-electron chi connectivity index (χ4n) is 1.43. The maximum Gasteiger partial charge on any atom is 0.138 e. The van der Waals surface area contributed by atoms with Gasteiger partial charge in [-0.3, -0.25) is 0 Å². The first-order chi connectivity index (χ1) is 6.00. The zero-order chi connectivity index (χ0) is 10.2. The summed E-state index contributed by atoms with van der Waals surface area (Å²) < 4.78 is 13.4. The topological polar surface area (TPSA) is 20.2 Å². The van der Waals surface area contributed by atoms with Crippen LogP contribution in [0, 0.1) is 19.7 Å². The third kappa shape index (κ3) is 1.51. The molecule has 0 aliphatic rings. The summed E-state index contributed by atoms with van der Waals surface area (Å²) in [6.07, 6.45) is 0.578. The molecule has 72 valence electrons. The minimum absolute atomic E-state index is 0.0144. The molecule has 0 amide bonds. The molecule has 1 nitrogen and oxygen atoms in total. The third-order valence-corrected chi connectivity index (χ3v) is 2.75. The van der Waals surface area contributed by atoms with E-state index in [-0.39, 0.29) is 16.6 Å². The van der Waals surface area contributed by atoms with Crippen molar-refractivity contribution in [2.24, 2.45) is 0 Å². The lowest BCUT2D eigenvalue weighted by Gasteiger charge is -2.11. The van der Waals surface area contributed by atoms with Gasteiger partial charge in [-0.05, 0) is 25.8 Å². The second-order valence-corrected chi connectivity index (χ2v) is 3.44. The second-order valence-electron chi connectivity index (χ2n) is 3.06. The van der Waals surface area contributed by atoms with Crippen molar-refractivity contribution in [1.82, 2.24) is 0 Å². The summed E-state index contributed by atoms with van der Waals surface area (Å²) in [5.74, 6) is -0.305. The molecule has 0 aliphatic heterocycles. The number of benzene rings is 1. The summed E-state index contributed by atoms with van der Waals surface area (Å²) in [4.78, 5) is 0. The Labute approximate surface area is 82.2 Å². The standard InChI is InChI=1S/C10H12ClFO/c1-4-7-5(2)9(12)6(3)8(11)10(7)13/h13H,4H2,1-3H3. The normalized spacial score (nSPS) is 10.5. The van der Waals surface area contributed by atoms with E-state index in [1.807, 2.05) is 6.92 Å². The number of phenols is 1. The fourth-order valence-corrected chi connectivity index (χ4v) is 1.63. The molecule has 0 atom stereocenters. The van der Waals surface area contributed by atoms with Crippen LogP contribution in [0.1, 0.15) is 23.6 Å².